The summed E-state index contributed by atoms with van der Waals surface area (Å²) in [6, 6.07) is 8.44. The number of hydrogen-bond acceptors (Lipinski definition) is 4. The van der Waals surface area contributed by atoms with Crippen LogP contribution in [0.5, 0.6) is 5.75 Å². The fraction of sp³-hybridized carbons (Fsp3) is 0.409. The second-order valence-corrected chi connectivity index (χ2v) is 7.60. The van der Waals surface area contributed by atoms with Crippen LogP contribution in [0.15, 0.2) is 46.5 Å². The van der Waals surface area contributed by atoms with E-state index in [1.165, 1.54) is 6.07 Å². The summed E-state index contributed by atoms with van der Waals surface area (Å²) in [5.41, 5.74) is 8.18. The molecule has 1 aromatic heterocycles. The van der Waals surface area contributed by atoms with Gasteiger partial charge in [0.05, 0.1) is 6.04 Å². The molecule has 168 valence electrons. The lowest BCUT2D eigenvalue weighted by atomic mass is 10.1. The summed E-state index contributed by atoms with van der Waals surface area (Å²) in [5.74, 6) is 1.48. The van der Waals surface area contributed by atoms with Crippen molar-refractivity contribution in [2.75, 3.05) is 18.5 Å². The van der Waals surface area contributed by atoms with Crippen LogP contribution in [-0.4, -0.2) is 36.5 Å². The molecule has 1 aromatic carbocycles. The molecule has 0 fully saturated rings. The summed E-state index contributed by atoms with van der Waals surface area (Å²) in [7, 11) is 0. The average Bonchev–Trinajstić information content (AvgIpc) is 2.69. The molecule has 31 heavy (non-hydrogen) atoms. The SMILES string of the molecule is Cc1cc(C=NC(C)c2ccnc(NC(N)=NCC(C)C)c2)ccc1OCC(F)(F)F. The van der Waals surface area contributed by atoms with Crippen molar-refractivity contribution in [2.45, 2.75) is 39.9 Å². The molecule has 1 heterocycles. The molecule has 0 spiro atoms. The molecule has 1 atom stereocenters. The second-order valence-electron chi connectivity index (χ2n) is 7.60. The molecule has 0 amide bonds. The van der Waals surface area contributed by atoms with Crippen molar-refractivity contribution in [2.24, 2.45) is 21.6 Å². The van der Waals surface area contributed by atoms with E-state index in [0.29, 0.717) is 29.8 Å². The minimum atomic E-state index is -4.37. The monoisotopic (exact) mass is 435 g/mol. The van der Waals surface area contributed by atoms with E-state index in [-0.39, 0.29) is 11.8 Å². The Balaban J connectivity index is 2.03. The number of anilines is 1. The molecule has 1 unspecified atom stereocenters. The molecular weight excluding hydrogens is 407 g/mol. The third-order valence-corrected chi connectivity index (χ3v) is 4.19. The number of nitrogens with zero attached hydrogens (tertiary/aromatic N) is 3. The summed E-state index contributed by atoms with van der Waals surface area (Å²) in [5, 5.41) is 2.97. The van der Waals surface area contributed by atoms with Crippen molar-refractivity contribution in [3.05, 3.63) is 53.2 Å². The van der Waals surface area contributed by atoms with Crippen molar-refractivity contribution in [1.29, 1.82) is 0 Å². The minimum absolute atomic E-state index is 0.168. The maximum atomic E-state index is 12.3. The van der Waals surface area contributed by atoms with Gasteiger partial charge in [-0.2, -0.15) is 13.2 Å². The highest BCUT2D eigenvalue weighted by Gasteiger charge is 2.28. The lowest BCUT2D eigenvalue weighted by Crippen LogP contribution is -2.24. The number of ether oxygens (including phenoxy) is 1. The number of rotatable bonds is 8. The van der Waals surface area contributed by atoms with Gasteiger partial charge >= 0.3 is 6.18 Å². The Morgan fingerprint density at radius 2 is 1.97 bits per heavy atom. The van der Waals surface area contributed by atoms with Gasteiger partial charge in [0.1, 0.15) is 11.6 Å². The van der Waals surface area contributed by atoms with E-state index in [1.54, 1.807) is 31.5 Å². The molecule has 2 aromatic rings. The van der Waals surface area contributed by atoms with Crippen LogP contribution in [0.1, 0.15) is 43.5 Å². The van der Waals surface area contributed by atoms with E-state index in [9.17, 15) is 13.2 Å². The molecule has 3 N–H and O–H groups in total. The first-order chi connectivity index (χ1) is 14.5. The van der Waals surface area contributed by atoms with E-state index in [2.05, 4.69) is 34.1 Å². The van der Waals surface area contributed by atoms with Crippen LogP contribution in [0.4, 0.5) is 19.0 Å². The topological polar surface area (TPSA) is 84.9 Å². The van der Waals surface area contributed by atoms with Crippen LogP contribution in [0.2, 0.25) is 0 Å². The summed E-state index contributed by atoms with van der Waals surface area (Å²) in [6.07, 6.45) is -1.03. The van der Waals surface area contributed by atoms with Gasteiger partial charge < -0.3 is 15.8 Å². The summed E-state index contributed by atoms with van der Waals surface area (Å²) in [6.45, 7) is 7.04. The Kier molecular flexibility index (Phi) is 8.41. The van der Waals surface area contributed by atoms with Gasteiger partial charge in [0.15, 0.2) is 12.6 Å². The quantitative estimate of drug-likeness (QED) is 0.457. The Morgan fingerprint density at radius 3 is 2.61 bits per heavy atom. The molecule has 6 nitrogen and oxygen atoms in total. The van der Waals surface area contributed by atoms with Crippen molar-refractivity contribution < 1.29 is 17.9 Å². The number of aromatic nitrogens is 1. The third kappa shape index (κ3) is 8.65. The van der Waals surface area contributed by atoms with Crippen LogP contribution in [-0.2, 0) is 0 Å². The van der Waals surface area contributed by atoms with Crippen molar-refractivity contribution >= 4 is 18.0 Å². The van der Waals surface area contributed by atoms with Crippen LogP contribution in [0.3, 0.4) is 0 Å². The lowest BCUT2D eigenvalue weighted by Gasteiger charge is -2.12. The van der Waals surface area contributed by atoms with Crippen molar-refractivity contribution in [1.82, 2.24) is 4.98 Å². The molecule has 9 heteroatoms. The molecule has 0 aliphatic rings. The number of nitrogens with two attached hydrogens (primary N) is 1. The van der Waals surface area contributed by atoms with Crippen molar-refractivity contribution in [3.63, 3.8) is 0 Å². The van der Waals surface area contributed by atoms with Crippen molar-refractivity contribution in [3.8, 4) is 5.75 Å². The Bertz CT molecular complexity index is 926. The van der Waals surface area contributed by atoms with Gasteiger partial charge in [-0.25, -0.2) is 4.98 Å². The van der Waals surface area contributed by atoms with E-state index in [0.717, 1.165) is 11.1 Å². The largest absolute Gasteiger partial charge is 0.484 e. The van der Waals surface area contributed by atoms with Crippen LogP contribution >= 0.6 is 0 Å². The second kappa shape index (κ2) is 10.8. The zero-order valence-electron chi connectivity index (χ0n) is 18.1. The third-order valence-electron chi connectivity index (χ3n) is 4.19. The van der Waals surface area contributed by atoms with Gasteiger partial charge in [-0.1, -0.05) is 13.8 Å². The van der Waals surface area contributed by atoms with Gasteiger partial charge in [0.25, 0.3) is 0 Å². The Morgan fingerprint density at radius 1 is 1.23 bits per heavy atom. The fourth-order valence-electron chi connectivity index (χ4n) is 2.59. The first kappa shape index (κ1) is 24.2. The minimum Gasteiger partial charge on any atom is -0.484 e. The summed E-state index contributed by atoms with van der Waals surface area (Å²) < 4.78 is 41.8. The molecule has 0 bridgehead atoms. The number of pyridine rings is 1. The number of aryl methyl sites for hydroxylation is 1. The summed E-state index contributed by atoms with van der Waals surface area (Å²) in [4.78, 5) is 13.0. The predicted molar refractivity (Wildman–Crippen MR) is 118 cm³/mol. The maximum Gasteiger partial charge on any atom is 0.422 e. The molecule has 0 aliphatic heterocycles. The molecule has 0 radical (unpaired) electrons. The highest BCUT2D eigenvalue weighted by atomic mass is 19.4. The van der Waals surface area contributed by atoms with Gasteiger partial charge in [0, 0.05) is 19.0 Å². The van der Waals surface area contributed by atoms with Gasteiger partial charge in [-0.15, -0.1) is 0 Å². The van der Waals surface area contributed by atoms with Crippen LogP contribution in [0, 0.1) is 12.8 Å². The number of aliphatic imine (C=N–C) groups is 2. The number of alkyl halides is 3. The first-order valence-corrected chi connectivity index (χ1v) is 9.90. The zero-order valence-corrected chi connectivity index (χ0v) is 18.1. The number of hydrogen-bond donors (Lipinski definition) is 2. The standard InChI is InChI=1S/C22H28F3N5O/c1-14(2)11-29-21(26)30-20-10-18(7-8-27-20)16(4)28-12-17-5-6-19(15(3)9-17)31-13-22(23,24)25/h5-10,12,14,16H,11,13H2,1-4H3,(H3,26,27,29,30). The van der Waals surface area contributed by atoms with Crippen LogP contribution < -0.4 is 15.8 Å². The van der Waals surface area contributed by atoms with E-state index >= 15 is 0 Å². The Hall–Kier alpha value is -3.10. The van der Waals surface area contributed by atoms with Gasteiger partial charge in [-0.05, 0) is 66.8 Å². The van der Waals surface area contributed by atoms with E-state index in [4.69, 9.17) is 10.5 Å². The van der Waals surface area contributed by atoms with E-state index in [1.807, 2.05) is 19.1 Å². The van der Waals surface area contributed by atoms with Gasteiger partial charge in [0.2, 0.25) is 0 Å². The molecular formula is C22H28F3N5O. The predicted octanol–water partition coefficient (Wildman–Crippen LogP) is 4.89. The summed E-state index contributed by atoms with van der Waals surface area (Å²) >= 11 is 0. The number of halogens is 3. The lowest BCUT2D eigenvalue weighted by molar-refractivity contribution is -0.153. The normalized spacial score (nSPS) is 13.6. The molecule has 0 aliphatic carbocycles. The first-order valence-electron chi connectivity index (χ1n) is 9.90. The van der Waals surface area contributed by atoms with E-state index < -0.39 is 12.8 Å². The number of guanidine groups is 1. The molecule has 2 rings (SSSR count). The van der Waals surface area contributed by atoms with Crippen LogP contribution in [0.25, 0.3) is 0 Å². The average molecular weight is 435 g/mol. The zero-order chi connectivity index (χ0) is 23.0. The maximum absolute atomic E-state index is 12.3. The number of benzene rings is 1. The number of nitrogens with one attached hydrogen (secondary N) is 1. The highest BCUT2D eigenvalue weighted by Crippen LogP contribution is 2.23. The fourth-order valence-corrected chi connectivity index (χ4v) is 2.59. The molecule has 0 saturated carbocycles. The van der Waals surface area contributed by atoms with Gasteiger partial charge in [-0.3, -0.25) is 9.98 Å². The molecule has 0 saturated heterocycles. The highest BCUT2D eigenvalue weighted by molar-refractivity contribution is 5.91. The smallest absolute Gasteiger partial charge is 0.422 e. The Labute approximate surface area is 180 Å².